The van der Waals surface area contributed by atoms with Gasteiger partial charge in [0.15, 0.2) is 0 Å². The van der Waals surface area contributed by atoms with Crippen LogP contribution in [0.15, 0.2) is 36.5 Å². The zero-order valence-electron chi connectivity index (χ0n) is 21.2. The molecule has 5 rings (SSSR count). The molecule has 2 aromatic rings. The molecule has 1 aliphatic heterocycles. The molecule has 3 atom stereocenters. The lowest BCUT2D eigenvalue weighted by atomic mass is 9.72. The second-order valence-electron chi connectivity index (χ2n) is 10.6. The second kappa shape index (κ2) is 10.9. The van der Waals surface area contributed by atoms with Crippen molar-refractivity contribution in [3.05, 3.63) is 47.7 Å². The van der Waals surface area contributed by atoms with Gasteiger partial charge in [-0.2, -0.15) is 0 Å². The second-order valence-corrected chi connectivity index (χ2v) is 10.6. The third-order valence-electron chi connectivity index (χ3n) is 7.79. The molecule has 1 saturated carbocycles. The summed E-state index contributed by atoms with van der Waals surface area (Å²) in [6, 6.07) is 7.86. The van der Waals surface area contributed by atoms with Crippen LogP contribution in [0, 0.1) is 11.8 Å². The molecule has 1 aromatic carbocycles. The normalized spacial score (nSPS) is 23.6. The number of hydrogen-bond donors (Lipinski definition) is 2. The van der Waals surface area contributed by atoms with Crippen molar-refractivity contribution in [2.24, 2.45) is 11.8 Å². The lowest BCUT2D eigenvalue weighted by molar-refractivity contribution is -0.153. The molecule has 2 aliphatic carbocycles. The van der Waals surface area contributed by atoms with Gasteiger partial charge >= 0.3 is 17.9 Å². The summed E-state index contributed by atoms with van der Waals surface area (Å²) >= 11 is 0. The first-order valence-corrected chi connectivity index (χ1v) is 12.8. The van der Waals surface area contributed by atoms with E-state index < -0.39 is 11.9 Å². The maximum Gasteiger partial charge on any atom is 0.328 e. The van der Waals surface area contributed by atoms with Crippen molar-refractivity contribution in [3.8, 4) is 0 Å². The zero-order valence-corrected chi connectivity index (χ0v) is 21.2. The summed E-state index contributed by atoms with van der Waals surface area (Å²) in [5.74, 6) is -1.33. The van der Waals surface area contributed by atoms with E-state index in [-0.39, 0.29) is 11.9 Å². The fourth-order valence-electron chi connectivity index (χ4n) is 5.84. The molecule has 2 N–H and O–H groups in total. The van der Waals surface area contributed by atoms with Crippen LogP contribution in [0.2, 0.25) is 0 Å². The Labute approximate surface area is 211 Å². The molecule has 36 heavy (non-hydrogen) atoms. The number of carbonyl (C=O) groups is 3. The number of hydrogen-bond acceptors (Lipinski definition) is 5. The number of carboxylic acids is 2. The van der Waals surface area contributed by atoms with E-state index >= 15 is 0 Å². The molecule has 1 saturated heterocycles. The van der Waals surface area contributed by atoms with Gasteiger partial charge in [0.1, 0.15) is 0 Å². The van der Waals surface area contributed by atoms with Crippen molar-refractivity contribution < 1.29 is 29.3 Å². The van der Waals surface area contributed by atoms with Gasteiger partial charge in [-0.05, 0) is 63.8 Å². The average molecular weight is 497 g/mol. The van der Waals surface area contributed by atoms with Crippen LogP contribution in [0.3, 0.4) is 0 Å². The molecule has 1 aromatic heterocycles. The molecule has 0 amide bonds. The number of likely N-dealkylation sites (N-methyl/N-ethyl adjacent to an activating group) is 1. The SMILES string of the molecule is CC(C)n1cc2c3c(cccc31)[C@H]1C[C@@H](COC(=O)C3CCC3)CN(C)[C@@H]1C2.O=C(O)/C=C\C(=O)O. The smallest absolute Gasteiger partial charge is 0.328 e. The van der Waals surface area contributed by atoms with Gasteiger partial charge < -0.3 is 24.4 Å². The van der Waals surface area contributed by atoms with E-state index in [1.165, 1.54) is 28.5 Å². The highest BCUT2D eigenvalue weighted by Crippen LogP contribution is 2.45. The summed E-state index contributed by atoms with van der Waals surface area (Å²) in [6.07, 6.45) is 8.97. The predicted octanol–water partition coefficient (Wildman–Crippen LogP) is 4.24. The van der Waals surface area contributed by atoms with Crippen LogP contribution in [0.25, 0.3) is 10.9 Å². The Balaban J connectivity index is 0.000000331. The van der Waals surface area contributed by atoms with E-state index in [9.17, 15) is 14.4 Å². The largest absolute Gasteiger partial charge is 0.478 e. The molecule has 194 valence electrons. The first-order valence-electron chi connectivity index (χ1n) is 12.8. The molecule has 3 aliphatic rings. The summed E-state index contributed by atoms with van der Waals surface area (Å²) in [6.45, 7) is 6.13. The van der Waals surface area contributed by atoms with E-state index in [0.717, 1.165) is 32.2 Å². The minimum atomic E-state index is -1.26. The summed E-state index contributed by atoms with van der Waals surface area (Å²) in [5, 5.41) is 17.1. The first-order chi connectivity index (χ1) is 17.2. The zero-order chi connectivity index (χ0) is 26.0. The summed E-state index contributed by atoms with van der Waals surface area (Å²) in [5.41, 5.74) is 4.38. The van der Waals surface area contributed by atoms with Crippen molar-refractivity contribution in [1.29, 1.82) is 0 Å². The fourth-order valence-corrected chi connectivity index (χ4v) is 5.84. The standard InChI is InChI=1S/C24H32N2O2.C4H4O4/c1-15(2)26-13-18-11-22-20(19-8-5-9-21(26)23(18)19)10-16(12-25(22)3)14-28-24(27)17-6-4-7-17;5-3(6)1-2-4(7)8/h5,8-9,13,15-17,20,22H,4,6-7,10-12,14H2,1-3H3;1-2H,(H,5,6)(H,7,8)/b;2-1-/t16-,20-,22-;/m1./s1. The number of fused-ring (bicyclic) bond motifs is 2. The van der Waals surface area contributed by atoms with Crippen molar-refractivity contribution in [2.45, 2.75) is 64.0 Å². The van der Waals surface area contributed by atoms with Crippen molar-refractivity contribution in [3.63, 3.8) is 0 Å². The summed E-state index contributed by atoms with van der Waals surface area (Å²) in [7, 11) is 2.25. The number of carboxylic acid groups (broad SMARTS) is 2. The highest BCUT2D eigenvalue weighted by atomic mass is 16.5. The van der Waals surface area contributed by atoms with Gasteiger partial charge in [-0.25, -0.2) is 9.59 Å². The lowest BCUT2D eigenvalue weighted by Crippen LogP contribution is -2.49. The van der Waals surface area contributed by atoms with Gasteiger partial charge in [0.2, 0.25) is 0 Å². The van der Waals surface area contributed by atoms with Crippen molar-refractivity contribution in [1.82, 2.24) is 9.47 Å². The Morgan fingerprint density at radius 2 is 1.83 bits per heavy atom. The molecule has 8 nitrogen and oxygen atoms in total. The molecular weight excluding hydrogens is 460 g/mol. The number of esters is 1. The monoisotopic (exact) mass is 496 g/mol. The Bertz CT molecular complexity index is 1150. The van der Waals surface area contributed by atoms with Crippen LogP contribution in [-0.4, -0.2) is 63.8 Å². The quantitative estimate of drug-likeness (QED) is 0.455. The van der Waals surface area contributed by atoms with Crippen LogP contribution in [0.4, 0.5) is 0 Å². The third-order valence-corrected chi connectivity index (χ3v) is 7.79. The highest BCUT2D eigenvalue weighted by molar-refractivity contribution is 5.90. The maximum absolute atomic E-state index is 12.2. The van der Waals surface area contributed by atoms with Gasteiger partial charge in [-0.1, -0.05) is 18.6 Å². The van der Waals surface area contributed by atoms with Crippen LogP contribution in [0.1, 0.15) is 62.6 Å². The first kappa shape index (κ1) is 25.9. The van der Waals surface area contributed by atoms with E-state index in [1.807, 2.05) is 0 Å². The number of ether oxygens (including phenoxy) is 1. The molecular formula is C28H36N2O6. The van der Waals surface area contributed by atoms with Crippen LogP contribution in [0.5, 0.6) is 0 Å². The highest BCUT2D eigenvalue weighted by Gasteiger charge is 2.40. The van der Waals surface area contributed by atoms with Gasteiger partial charge in [0.05, 0.1) is 12.5 Å². The number of carbonyl (C=O) groups excluding carboxylic acids is 1. The van der Waals surface area contributed by atoms with Crippen molar-refractivity contribution >= 4 is 28.8 Å². The van der Waals surface area contributed by atoms with E-state index in [2.05, 4.69) is 54.8 Å². The topological polar surface area (TPSA) is 109 Å². The number of benzene rings is 1. The molecule has 8 heteroatoms. The van der Waals surface area contributed by atoms with Crippen LogP contribution < -0.4 is 0 Å². The van der Waals surface area contributed by atoms with E-state index in [0.29, 0.717) is 42.7 Å². The Morgan fingerprint density at radius 1 is 1.14 bits per heavy atom. The van der Waals surface area contributed by atoms with Gasteiger partial charge in [-0.3, -0.25) is 4.79 Å². The Hall–Kier alpha value is -3.13. The third kappa shape index (κ3) is 5.48. The Morgan fingerprint density at radius 3 is 2.42 bits per heavy atom. The lowest BCUT2D eigenvalue weighted by Gasteiger charge is -2.45. The van der Waals surface area contributed by atoms with Gasteiger partial charge in [-0.15, -0.1) is 0 Å². The fraction of sp³-hybridized carbons (Fsp3) is 0.536. The van der Waals surface area contributed by atoms with Crippen molar-refractivity contribution in [2.75, 3.05) is 20.2 Å². The molecule has 0 bridgehead atoms. The van der Waals surface area contributed by atoms with Gasteiger partial charge in [0, 0.05) is 59.7 Å². The number of aromatic nitrogens is 1. The molecule has 2 heterocycles. The minimum absolute atomic E-state index is 0.0399. The molecule has 0 spiro atoms. The summed E-state index contributed by atoms with van der Waals surface area (Å²) in [4.78, 5) is 33.8. The maximum atomic E-state index is 12.2. The minimum Gasteiger partial charge on any atom is -0.478 e. The number of nitrogens with zero attached hydrogens (tertiary/aromatic N) is 2. The molecule has 0 unspecified atom stereocenters. The van der Waals surface area contributed by atoms with Crippen LogP contribution in [-0.2, 0) is 25.5 Å². The number of piperidine rings is 1. The predicted molar refractivity (Wildman–Crippen MR) is 136 cm³/mol. The molecule has 2 fully saturated rings. The summed E-state index contributed by atoms with van der Waals surface area (Å²) < 4.78 is 8.16. The van der Waals surface area contributed by atoms with E-state index in [1.54, 1.807) is 0 Å². The van der Waals surface area contributed by atoms with E-state index in [4.69, 9.17) is 14.9 Å². The van der Waals surface area contributed by atoms with Crippen LogP contribution >= 0.6 is 0 Å². The number of rotatable bonds is 6. The van der Waals surface area contributed by atoms with Gasteiger partial charge in [0.25, 0.3) is 0 Å². The number of likely N-dealkylation sites (tertiary alicyclic amines) is 1. The average Bonchev–Trinajstić information content (AvgIpc) is 3.16. The Kier molecular flexibility index (Phi) is 7.83. The molecule has 0 radical (unpaired) electrons. The number of aliphatic carboxylic acids is 2.